The standard InChI is InChI=1S/C27H25BF4N4O3/c1-15-4-2-6-20(29)24(15)17-9-7-16(8-10-17)18-12-21-25(35-23(13-34-21)28(38)39)36(26(18)37)14-22-19(27(30,31)32)5-3-11-33-22/h2-6,11-13,16-17,38-39H,7-10,14H2,1H3. The van der Waals surface area contributed by atoms with Crippen molar-refractivity contribution in [2.45, 2.75) is 57.2 Å². The Morgan fingerprint density at radius 2 is 1.77 bits per heavy atom. The molecule has 0 amide bonds. The van der Waals surface area contributed by atoms with E-state index in [4.69, 9.17) is 0 Å². The van der Waals surface area contributed by atoms with E-state index in [1.165, 1.54) is 18.3 Å². The van der Waals surface area contributed by atoms with Gasteiger partial charge in [0, 0.05) is 18.0 Å². The Kier molecular flexibility index (Phi) is 7.26. The Morgan fingerprint density at radius 1 is 1.05 bits per heavy atom. The minimum absolute atomic E-state index is 0.00128. The highest BCUT2D eigenvalue weighted by Crippen LogP contribution is 2.41. The molecule has 0 atom stereocenters. The van der Waals surface area contributed by atoms with Gasteiger partial charge < -0.3 is 10.0 Å². The largest absolute Gasteiger partial charge is 0.509 e. The third-order valence-electron chi connectivity index (χ3n) is 7.45. The van der Waals surface area contributed by atoms with Crippen molar-refractivity contribution in [1.82, 2.24) is 19.5 Å². The summed E-state index contributed by atoms with van der Waals surface area (Å²) in [7, 11) is -1.98. The van der Waals surface area contributed by atoms with Crippen LogP contribution in [0.1, 0.15) is 65.5 Å². The van der Waals surface area contributed by atoms with E-state index < -0.39 is 31.0 Å². The van der Waals surface area contributed by atoms with Crippen molar-refractivity contribution < 1.29 is 27.6 Å². The molecule has 0 radical (unpaired) electrons. The molecule has 202 valence electrons. The molecular weight excluding hydrogens is 515 g/mol. The molecule has 3 heterocycles. The third-order valence-corrected chi connectivity index (χ3v) is 7.45. The van der Waals surface area contributed by atoms with Crippen LogP contribution in [0.2, 0.25) is 0 Å². The second-order valence-electron chi connectivity index (χ2n) is 9.88. The minimum atomic E-state index is -4.69. The van der Waals surface area contributed by atoms with Gasteiger partial charge in [0.05, 0.1) is 23.4 Å². The van der Waals surface area contributed by atoms with Crippen molar-refractivity contribution >= 4 is 23.9 Å². The van der Waals surface area contributed by atoms with Crippen LogP contribution in [0.3, 0.4) is 0 Å². The maximum absolute atomic E-state index is 14.6. The van der Waals surface area contributed by atoms with E-state index in [2.05, 4.69) is 15.0 Å². The molecule has 0 unspecified atom stereocenters. The van der Waals surface area contributed by atoms with Gasteiger partial charge in [-0.25, -0.2) is 9.37 Å². The molecule has 0 spiro atoms. The van der Waals surface area contributed by atoms with Crippen LogP contribution in [0.4, 0.5) is 17.6 Å². The lowest BCUT2D eigenvalue weighted by Gasteiger charge is -2.30. The maximum Gasteiger partial charge on any atom is 0.509 e. The van der Waals surface area contributed by atoms with E-state index in [9.17, 15) is 32.4 Å². The van der Waals surface area contributed by atoms with Gasteiger partial charge in [-0.1, -0.05) is 12.1 Å². The molecule has 39 heavy (non-hydrogen) atoms. The van der Waals surface area contributed by atoms with Gasteiger partial charge in [0.15, 0.2) is 5.65 Å². The van der Waals surface area contributed by atoms with Crippen LogP contribution in [0, 0.1) is 12.7 Å². The summed E-state index contributed by atoms with van der Waals surface area (Å²) in [6, 6.07) is 8.61. The average Bonchev–Trinajstić information content (AvgIpc) is 2.90. The quantitative estimate of drug-likeness (QED) is 0.295. The average molecular weight is 540 g/mol. The Hall–Kier alpha value is -3.64. The smallest absolute Gasteiger partial charge is 0.422 e. The zero-order valence-electron chi connectivity index (χ0n) is 21.0. The van der Waals surface area contributed by atoms with Gasteiger partial charge in [-0.3, -0.25) is 19.3 Å². The summed E-state index contributed by atoms with van der Waals surface area (Å²) in [5.41, 5.74) is -0.0747. The highest BCUT2D eigenvalue weighted by Gasteiger charge is 2.35. The monoisotopic (exact) mass is 540 g/mol. The molecule has 3 aromatic heterocycles. The van der Waals surface area contributed by atoms with Crippen molar-refractivity contribution in [3.63, 3.8) is 0 Å². The van der Waals surface area contributed by atoms with Crippen molar-refractivity contribution in [3.8, 4) is 0 Å². The van der Waals surface area contributed by atoms with Crippen LogP contribution in [-0.2, 0) is 12.7 Å². The van der Waals surface area contributed by atoms with E-state index >= 15 is 0 Å². The number of hydrogen-bond donors (Lipinski definition) is 2. The van der Waals surface area contributed by atoms with E-state index in [0.29, 0.717) is 36.8 Å². The molecule has 5 rings (SSSR count). The summed E-state index contributed by atoms with van der Waals surface area (Å²) in [6.45, 7) is 1.33. The summed E-state index contributed by atoms with van der Waals surface area (Å²) in [4.78, 5) is 26.0. The summed E-state index contributed by atoms with van der Waals surface area (Å²) in [5, 5.41) is 19.2. The first-order chi connectivity index (χ1) is 18.5. The fraction of sp³-hybridized carbons (Fsp3) is 0.333. The number of aromatic nitrogens is 4. The number of rotatable bonds is 5. The van der Waals surface area contributed by atoms with Gasteiger partial charge in [0.1, 0.15) is 11.3 Å². The SMILES string of the molecule is Cc1cccc(F)c1C1CCC(c2cc3ncc(B(O)O)nc3n(Cc3ncccc3C(F)(F)F)c2=O)CC1. The van der Waals surface area contributed by atoms with Gasteiger partial charge in [-0.2, -0.15) is 13.2 Å². The van der Waals surface area contributed by atoms with Crippen LogP contribution in [0.15, 0.2) is 53.6 Å². The van der Waals surface area contributed by atoms with Gasteiger partial charge >= 0.3 is 13.3 Å². The van der Waals surface area contributed by atoms with E-state index in [0.717, 1.165) is 22.4 Å². The van der Waals surface area contributed by atoms with Gasteiger partial charge in [-0.05, 0) is 79.8 Å². The van der Waals surface area contributed by atoms with Crippen LogP contribution in [-0.4, -0.2) is 36.7 Å². The zero-order chi connectivity index (χ0) is 27.9. The second-order valence-corrected chi connectivity index (χ2v) is 9.88. The van der Waals surface area contributed by atoms with Crippen LogP contribution in [0.25, 0.3) is 11.2 Å². The van der Waals surface area contributed by atoms with Gasteiger partial charge in [0.25, 0.3) is 5.56 Å². The molecule has 1 saturated carbocycles. The lowest BCUT2D eigenvalue weighted by Crippen LogP contribution is -2.35. The number of benzene rings is 1. The fourth-order valence-corrected chi connectivity index (χ4v) is 5.55. The van der Waals surface area contributed by atoms with Crippen LogP contribution in [0.5, 0.6) is 0 Å². The van der Waals surface area contributed by atoms with Crippen molar-refractivity contribution in [3.05, 3.63) is 92.9 Å². The molecule has 1 fully saturated rings. The number of fused-ring (bicyclic) bond motifs is 1. The summed E-state index contributed by atoms with van der Waals surface area (Å²) < 4.78 is 56.7. The summed E-state index contributed by atoms with van der Waals surface area (Å²) in [5.74, 6) is -0.465. The number of aryl methyl sites for hydroxylation is 1. The van der Waals surface area contributed by atoms with E-state index in [1.807, 2.05) is 13.0 Å². The Morgan fingerprint density at radius 3 is 2.44 bits per heavy atom. The van der Waals surface area contributed by atoms with Crippen molar-refractivity contribution in [2.24, 2.45) is 0 Å². The normalized spacial score (nSPS) is 17.9. The predicted octanol–water partition coefficient (Wildman–Crippen LogP) is 3.82. The van der Waals surface area contributed by atoms with Crippen molar-refractivity contribution in [1.29, 1.82) is 0 Å². The minimum Gasteiger partial charge on any atom is -0.422 e. The van der Waals surface area contributed by atoms with Crippen LogP contribution >= 0.6 is 0 Å². The zero-order valence-corrected chi connectivity index (χ0v) is 21.0. The summed E-state index contributed by atoms with van der Waals surface area (Å²) >= 11 is 0. The second kappa shape index (κ2) is 10.5. The first kappa shape index (κ1) is 27.0. The topological polar surface area (TPSA) is 101 Å². The molecule has 4 aromatic rings. The molecule has 12 heteroatoms. The summed E-state index contributed by atoms with van der Waals surface area (Å²) in [6.07, 6.45) is 0.109. The molecule has 1 aromatic carbocycles. The molecule has 0 saturated heterocycles. The number of pyridine rings is 2. The first-order valence-corrected chi connectivity index (χ1v) is 12.6. The lowest BCUT2D eigenvalue weighted by molar-refractivity contribution is -0.138. The lowest BCUT2D eigenvalue weighted by atomic mass is 9.75. The molecule has 1 aliphatic rings. The third kappa shape index (κ3) is 5.31. The molecule has 7 nitrogen and oxygen atoms in total. The highest BCUT2D eigenvalue weighted by atomic mass is 19.4. The number of alkyl halides is 3. The Balaban J connectivity index is 1.56. The highest BCUT2D eigenvalue weighted by molar-refractivity contribution is 6.57. The molecule has 0 aliphatic heterocycles. The van der Waals surface area contributed by atoms with Crippen LogP contribution < -0.4 is 11.2 Å². The Labute approximate surface area is 221 Å². The fourth-order valence-electron chi connectivity index (χ4n) is 5.55. The molecular formula is C27H25BF4N4O3. The van der Waals surface area contributed by atoms with Crippen molar-refractivity contribution in [2.75, 3.05) is 0 Å². The van der Waals surface area contributed by atoms with E-state index in [-0.39, 0.29) is 40.1 Å². The number of halogens is 4. The molecule has 0 bridgehead atoms. The number of hydrogen-bond acceptors (Lipinski definition) is 6. The first-order valence-electron chi connectivity index (χ1n) is 12.6. The maximum atomic E-state index is 14.6. The predicted molar refractivity (Wildman–Crippen MR) is 137 cm³/mol. The Bertz CT molecular complexity index is 1560. The molecule has 2 N–H and O–H groups in total. The van der Waals surface area contributed by atoms with Gasteiger partial charge in [-0.15, -0.1) is 0 Å². The molecule has 1 aliphatic carbocycles. The number of nitrogens with zero attached hydrogens (tertiary/aromatic N) is 4. The van der Waals surface area contributed by atoms with Gasteiger partial charge in [0.2, 0.25) is 0 Å². The van der Waals surface area contributed by atoms with E-state index in [1.54, 1.807) is 12.1 Å².